The molecule has 21 heavy (non-hydrogen) atoms. The molecule has 0 aromatic carbocycles. The van der Waals surface area contributed by atoms with Crippen LogP contribution in [-0.4, -0.2) is 22.4 Å². The fraction of sp³-hybridized carbons (Fsp3) is 0.750. The van der Waals surface area contributed by atoms with E-state index >= 15 is 0 Å². The molecule has 2 fully saturated rings. The van der Waals surface area contributed by atoms with Crippen molar-refractivity contribution in [2.45, 2.75) is 45.1 Å². The van der Waals surface area contributed by atoms with E-state index in [1.54, 1.807) is 4.68 Å². The van der Waals surface area contributed by atoms with Crippen LogP contribution >= 0.6 is 0 Å². The summed E-state index contributed by atoms with van der Waals surface area (Å²) < 4.78 is 1.74. The third kappa shape index (κ3) is 3.99. The molecule has 2 aliphatic carbocycles. The normalized spacial score (nSPS) is 25.6. The summed E-state index contributed by atoms with van der Waals surface area (Å²) in [4.78, 5) is 11.8. The number of nitrogens with zero attached hydrogens (tertiary/aromatic N) is 2. The lowest BCUT2D eigenvalue weighted by molar-refractivity contribution is 0.239. The van der Waals surface area contributed by atoms with Crippen LogP contribution in [0.4, 0.5) is 4.79 Å². The summed E-state index contributed by atoms with van der Waals surface area (Å²) in [6, 6.07) is 1.84. The van der Waals surface area contributed by atoms with Crippen LogP contribution in [0.15, 0.2) is 12.3 Å². The highest BCUT2D eigenvalue weighted by atomic mass is 16.2. The number of urea groups is 1. The number of hydrogen-bond donors (Lipinski definition) is 2. The Balaban J connectivity index is 1.31. The van der Waals surface area contributed by atoms with Gasteiger partial charge in [-0.15, -0.1) is 0 Å². The molecule has 2 atom stereocenters. The molecular formula is C16H26N4O. The second-order valence-electron chi connectivity index (χ2n) is 6.60. The topological polar surface area (TPSA) is 59.0 Å². The van der Waals surface area contributed by atoms with Crippen LogP contribution in [0.3, 0.4) is 0 Å². The average Bonchev–Trinajstić information content (AvgIpc) is 3.17. The fourth-order valence-electron chi connectivity index (χ4n) is 3.66. The number of aryl methyl sites for hydroxylation is 1. The van der Waals surface area contributed by atoms with E-state index < -0.39 is 0 Å². The average molecular weight is 290 g/mol. The smallest absolute Gasteiger partial charge is 0.315 e. The highest BCUT2D eigenvalue weighted by Gasteiger charge is 2.42. The van der Waals surface area contributed by atoms with E-state index in [0.29, 0.717) is 12.5 Å². The van der Waals surface area contributed by atoms with Crippen LogP contribution < -0.4 is 10.6 Å². The first-order chi connectivity index (χ1) is 10.2. The van der Waals surface area contributed by atoms with E-state index in [-0.39, 0.29) is 6.03 Å². The van der Waals surface area contributed by atoms with Gasteiger partial charge < -0.3 is 10.6 Å². The van der Waals surface area contributed by atoms with Crippen molar-refractivity contribution in [3.05, 3.63) is 18.0 Å². The molecule has 3 rings (SSSR count). The Labute approximate surface area is 126 Å². The summed E-state index contributed by atoms with van der Waals surface area (Å²) in [5, 5.41) is 10.1. The molecule has 2 N–H and O–H groups in total. The van der Waals surface area contributed by atoms with Gasteiger partial charge in [0.1, 0.15) is 0 Å². The van der Waals surface area contributed by atoms with E-state index in [2.05, 4.69) is 15.7 Å². The Morgan fingerprint density at radius 3 is 2.86 bits per heavy atom. The van der Waals surface area contributed by atoms with Gasteiger partial charge >= 0.3 is 6.03 Å². The predicted molar refractivity (Wildman–Crippen MR) is 81.6 cm³/mol. The van der Waals surface area contributed by atoms with Crippen LogP contribution in [0.5, 0.6) is 0 Å². The minimum atomic E-state index is -0.0741. The first kappa shape index (κ1) is 14.4. The van der Waals surface area contributed by atoms with Crippen LogP contribution in [0.1, 0.15) is 44.2 Å². The standard InChI is InChI=1S/C16H26N4O/c1-20-8-7-14(19-20)11-18-16(21)17-10-13-9-15(13)12-5-3-2-4-6-12/h7-8,12-13,15H,2-6,9-11H2,1H3,(H2,17,18,21)/t13-,15-/m0/s1. The molecule has 0 spiro atoms. The Kier molecular flexibility index (Phi) is 4.46. The van der Waals surface area contributed by atoms with Crippen molar-refractivity contribution in [3.8, 4) is 0 Å². The molecule has 0 bridgehead atoms. The number of hydrogen-bond acceptors (Lipinski definition) is 2. The Morgan fingerprint density at radius 1 is 1.33 bits per heavy atom. The first-order valence-corrected chi connectivity index (χ1v) is 8.22. The minimum absolute atomic E-state index is 0.0741. The van der Waals surface area contributed by atoms with Gasteiger partial charge in [-0.3, -0.25) is 4.68 Å². The van der Waals surface area contributed by atoms with E-state index in [9.17, 15) is 4.79 Å². The van der Waals surface area contributed by atoms with Crippen molar-refractivity contribution in [2.24, 2.45) is 24.8 Å². The molecule has 0 unspecified atom stereocenters. The van der Waals surface area contributed by atoms with Gasteiger partial charge in [-0.05, 0) is 30.2 Å². The SMILES string of the molecule is Cn1ccc(CNC(=O)NC[C@@H]2C[C@H]2C2CCCCC2)n1. The lowest BCUT2D eigenvalue weighted by Crippen LogP contribution is -2.36. The maximum Gasteiger partial charge on any atom is 0.315 e. The number of aromatic nitrogens is 2. The maximum absolute atomic E-state index is 11.8. The number of rotatable bonds is 5. The van der Waals surface area contributed by atoms with E-state index in [0.717, 1.165) is 24.1 Å². The molecule has 0 radical (unpaired) electrons. The molecule has 2 aliphatic rings. The second-order valence-corrected chi connectivity index (χ2v) is 6.60. The van der Waals surface area contributed by atoms with Crippen molar-refractivity contribution in [2.75, 3.05) is 6.54 Å². The number of nitrogens with one attached hydrogen (secondary N) is 2. The largest absolute Gasteiger partial charge is 0.338 e. The Hall–Kier alpha value is -1.52. The fourth-order valence-corrected chi connectivity index (χ4v) is 3.66. The summed E-state index contributed by atoms with van der Waals surface area (Å²) in [6.45, 7) is 1.32. The van der Waals surface area contributed by atoms with Crippen LogP contribution in [-0.2, 0) is 13.6 Å². The molecule has 1 heterocycles. The molecule has 2 saturated carbocycles. The van der Waals surface area contributed by atoms with E-state index in [4.69, 9.17) is 0 Å². The van der Waals surface area contributed by atoms with Gasteiger partial charge in [0.15, 0.2) is 0 Å². The first-order valence-electron chi connectivity index (χ1n) is 8.22. The highest BCUT2D eigenvalue weighted by Crippen LogP contribution is 2.48. The van der Waals surface area contributed by atoms with Gasteiger partial charge in [-0.1, -0.05) is 32.1 Å². The van der Waals surface area contributed by atoms with Crippen LogP contribution in [0, 0.1) is 17.8 Å². The predicted octanol–water partition coefficient (Wildman–Crippen LogP) is 2.44. The lowest BCUT2D eigenvalue weighted by Gasteiger charge is -2.21. The van der Waals surface area contributed by atoms with E-state index in [1.807, 2.05) is 19.3 Å². The number of carbonyl (C=O) groups excluding carboxylic acids is 1. The number of amides is 2. The Bertz CT molecular complexity index is 478. The zero-order valence-corrected chi connectivity index (χ0v) is 12.8. The van der Waals surface area contributed by atoms with Gasteiger partial charge in [0.05, 0.1) is 12.2 Å². The van der Waals surface area contributed by atoms with Gasteiger partial charge in [-0.25, -0.2) is 4.79 Å². The van der Waals surface area contributed by atoms with Gasteiger partial charge in [-0.2, -0.15) is 5.10 Å². The van der Waals surface area contributed by atoms with Crippen LogP contribution in [0.2, 0.25) is 0 Å². The zero-order valence-electron chi connectivity index (χ0n) is 12.8. The summed E-state index contributed by atoms with van der Waals surface area (Å²) in [5.74, 6) is 2.53. The second kappa shape index (κ2) is 6.50. The number of carbonyl (C=O) groups is 1. The molecule has 116 valence electrons. The molecule has 5 heteroatoms. The Morgan fingerprint density at radius 2 is 2.14 bits per heavy atom. The maximum atomic E-state index is 11.8. The molecule has 5 nitrogen and oxygen atoms in total. The van der Waals surface area contributed by atoms with E-state index in [1.165, 1.54) is 38.5 Å². The van der Waals surface area contributed by atoms with Crippen molar-refractivity contribution in [1.29, 1.82) is 0 Å². The molecule has 1 aromatic heterocycles. The summed E-state index contributed by atoms with van der Waals surface area (Å²) in [5.41, 5.74) is 0.888. The third-order valence-electron chi connectivity index (χ3n) is 4.96. The van der Waals surface area contributed by atoms with Crippen LogP contribution in [0.25, 0.3) is 0 Å². The molecule has 2 amide bonds. The molecular weight excluding hydrogens is 264 g/mol. The lowest BCUT2D eigenvalue weighted by atomic mass is 9.85. The molecule has 0 saturated heterocycles. The van der Waals surface area contributed by atoms with Crippen molar-refractivity contribution < 1.29 is 4.79 Å². The molecule has 1 aromatic rings. The van der Waals surface area contributed by atoms with Crippen molar-refractivity contribution in [1.82, 2.24) is 20.4 Å². The van der Waals surface area contributed by atoms with Gasteiger partial charge in [0, 0.05) is 19.8 Å². The summed E-state index contributed by atoms with van der Waals surface area (Å²) in [6.07, 6.45) is 10.2. The van der Waals surface area contributed by atoms with Crippen molar-refractivity contribution in [3.63, 3.8) is 0 Å². The quantitative estimate of drug-likeness (QED) is 0.875. The third-order valence-corrected chi connectivity index (χ3v) is 4.96. The monoisotopic (exact) mass is 290 g/mol. The highest BCUT2D eigenvalue weighted by molar-refractivity contribution is 5.73. The summed E-state index contributed by atoms with van der Waals surface area (Å²) >= 11 is 0. The van der Waals surface area contributed by atoms with Gasteiger partial charge in [0.25, 0.3) is 0 Å². The van der Waals surface area contributed by atoms with Gasteiger partial charge in [0.2, 0.25) is 0 Å². The molecule has 0 aliphatic heterocycles. The minimum Gasteiger partial charge on any atom is -0.338 e. The van der Waals surface area contributed by atoms with Crippen molar-refractivity contribution >= 4 is 6.03 Å². The zero-order chi connectivity index (χ0) is 14.7. The summed E-state index contributed by atoms with van der Waals surface area (Å²) in [7, 11) is 1.88.